The van der Waals surface area contributed by atoms with Crippen LogP contribution < -0.4 is 10.6 Å². The zero-order valence-corrected chi connectivity index (χ0v) is 13.1. The molecule has 1 unspecified atom stereocenters. The van der Waals surface area contributed by atoms with Crippen LogP contribution in [0, 0.1) is 13.8 Å². The molecule has 21 heavy (non-hydrogen) atoms. The Morgan fingerprint density at radius 3 is 2.67 bits per heavy atom. The zero-order chi connectivity index (χ0) is 15.7. The van der Waals surface area contributed by atoms with Gasteiger partial charge in [-0.05, 0) is 57.0 Å². The van der Waals surface area contributed by atoms with Gasteiger partial charge in [-0.3, -0.25) is 10.1 Å². The predicted octanol–water partition coefficient (Wildman–Crippen LogP) is 2.28. The average Bonchev–Trinajstić information content (AvgIpc) is 2.48. The third kappa shape index (κ3) is 6.25. The summed E-state index contributed by atoms with van der Waals surface area (Å²) in [5.41, 5.74) is 3.03. The number of likely N-dealkylation sites (N-methyl/N-ethyl adjacent to an activating group) is 1. The highest BCUT2D eigenvalue weighted by molar-refractivity contribution is 5.94. The van der Waals surface area contributed by atoms with Gasteiger partial charge in [0.15, 0.2) is 0 Å². The SMILES string of the molecule is CNC(CCCCNC(=O)c1ccc(C)c(C)c1)COO. The molecular formula is C16H26N2O3. The Morgan fingerprint density at radius 1 is 1.29 bits per heavy atom. The highest BCUT2D eigenvalue weighted by Gasteiger charge is 2.07. The van der Waals surface area contributed by atoms with Gasteiger partial charge in [-0.1, -0.05) is 12.5 Å². The number of benzene rings is 1. The molecule has 0 heterocycles. The lowest BCUT2D eigenvalue weighted by Crippen LogP contribution is -2.30. The van der Waals surface area contributed by atoms with Crippen molar-refractivity contribution in [2.75, 3.05) is 20.2 Å². The summed E-state index contributed by atoms with van der Waals surface area (Å²) in [6, 6.07) is 5.88. The molecule has 1 rings (SSSR count). The largest absolute Gasteiger partial charge is 0.352 e. The summed E-state index contributed by atoms with van der Waals surface area (Å²) in [5, 5.41) is 14.4. The monoisotopic (exact) mass is 294 g/mol. The minimum Gasteiger partial charge on any atom is -0.352 e. The summed E-state index contributed by atoms with van der Waals surface area (Å²) in [6.07, 6.45) is 2.76. The lowest BCUT2D eigenvalue weighted by atomic mass is 10.1. The van der Waals surface area contributed by atoms with E-state index < -0.39 is 0 Å². The van der Waals surface area contributed by atoms with Crippen molar-refractivity contribution in [2.24, 2.45) is 0 Å². The molecule has 5 heteroatoms. The van der Waals surface area contributed by atoms with Crippen LogP contribution in [-0.2, 0) is 4.89 Å². The van der Waals surface area contributed by atoms with E-state index in [-0.39, 0.29) is 18.6 Å². The molecule has 5 nitrogen and oxygen atoms in total. The molecule has 118 valence electrons. The van der Waals surface area contributed by atoms with Gasteiger partial charge in [-0.2, -0.15) is 0 Å². The van der Waals surface area contributed by atoms with Gasteiger partial charge in [0.2, 0.25) is 0 Å². The van der Waals surface area contributed by atoms with Crippen LogP contribution in [0.4, 0.5) is 0 Å². The van der Waals surface area contributed by atoms with E-state index in [1.807, 2.05) is 39.1 Å². The average molecular weight is 294 g/mol. The fourth-order valence-corrected chi connectivity index (χ4v) is 2.10. The number of aryl methyl sites for hydroxylation is 2. The van der Waals surface area contributed by atoms with Crippen LogP contribution in [0.2, 0.25) is 0 Å². The predicted molar refractivity (Wildman–Crippen MR) is 83.5 cm³/mol. The summed E-state index contributed by atoms with van der Waals surface area (Å²) in [6.45, 7) is 4.98. The van der Waals surface area contributed by atoms with Gasteiger partial charge in [0.05, 0.1) is 6.61 Å². The summed E-state index contributed by atoms with van der Waals surface area (Å²) >= 11 is 0. The molecule has 0 spiro atoms. The number of carbonyl (C=O) groups excluding carboxylic acids is 1. The second kappa shape index (κ2) is 9.50. The maximum atomic E-state index is 12.0. The molecule has 0 aliphatic rings. The van der Waals surface area contributed by atoms with Gasteiger partial charge in [0, 0.05) is 18.2 Å². The molecule has 1 amide bonds. The normalized spacial score (nSPS) is 12.2. The Labute approximate surface area is 126 Å². The van der Waals surface area contributed by atoms with E-state index >= 15 is 0 Å². The van der Waals surface area contributed by atoms with E-state index in [1.165, 1.54) is 5.56 Å². The number of amides is 1. The second-order valence-corrected chi connectivity index (χ2v) is 5.33. The van der Waals surface area contributed by atoms with E-state index in [1.54, 1.807) is 0 Å². The number of carbonyl (C=O) groups is 1. The van der Waals surface area contributed by atoms with Gasteiger partial charge in [0.1, 0.15) is 0 Å². The second-order valence-electron chi connectivity index (χ2n) is 5.33. The third-order valence-corrected chi connectivity index (χ3v) is 3.72. The maximum absolute atomic E-state index is 12.0. The van der Waals surface area contributed by atoms with E-state index in [0.717, 1.165) is 24.8 Å². The molecule has 1 aromatic rings. The molecule has 3 N–H and O–H groups in total. The summed E-state index contributed by atoms with van der Waals surface area (Å²) < 4.78 is 0. The number of hydrogen-bond donors (Lipinski definition) is 3. The third-order valence-electron chi connectivity index (χ3n) is 3.72. The molecule has 1 aromatic carbocycles. The Kier molecular flexibility index (Phi) is 7.97. The Hall–Kier alpha value is -1.43. The number of rotatable bonds is 9. The lowest BCUT2D eigenvalue weighted by molar-refractivity contribution is -0.246. The zero-order valence-electron chi connectivity index (χ0n) is 13.1. The molecule has 0 saturated carbocycles. The minimum absolute atomic E-state index is 0.0260. The first-order valence-corrected chi connectivity index (χ1v) is 7.37. The Morgan fingerprint density at radius 2 is 2.05 bits per heavy atom. The van der Waals surface area contributed by atoms with Crippen molar-refractivity contribution in [2.45, 2.75) is 39.2 Å². The Balaban J connectivity index is 2.26. The van der Waals surface area contributed by atoms with Crippen LogP contribution in [0.5, 0.6) is 0 Å². The number of nitrogens with one attached hydrogen (secondary N) is 2. The summed E-state index contributed by atoms with van der Waals surface area (Å²) in [7, 11) is 1.84. The lowest BCUT2D eigenvalue weighted by Gasteiger charge is -2.13. The Bertz CT molecular complexity index is 449. The van der Waals surface area contributed by atoms with E-state index in [4.69, 9.17) is 5.26 Å². The fraction of sp³-hybridized carbons (Fsp3) is 0.562. The number of unbranched alkanes of at least 4 members (excludes halogenated alkanes) is 1. The van der Waals surface area contributed by atoms with Crippen molar-refractivity contribution in [3.05, 3.63) is 34.9 Å². The van der Waals surface area contributed by atoms with Gasteiger partial charge in [0.25, 0.3) is 5.91 Å². The first kappa shape index (κ1) is 17.6. The van der Waals surface area contributed by atoms with Crippen LogP contribution in [0.15, 0.2) is 18.2 Å². The molecule has 0 radical (unpaired) electrons. The van der Waals surface area contributed by atoms with E-state index in [0.29, 0.717) is 12.1 Å². The van der Waals surface area contributed by atoms with Gasteiger partial charge >= 0.3 is 0 Å². The highest BCUT2D eigenvalue weighted by Crippen LogP contribution is 2.09. The van der Waals surface area contributed by atoms with Crippen molar-refractivity contribution in [3.8, 4) is 0 Å². The van der Waals surface area contributed by atoms with Crippen LogP contribution in [0.1, 0.15) is 40.7 Å². The topological polar surface area (TPSA) is 70.6 Å². The van der Waals surface area contributed by atoms with Crippen LogP contribution in [0.3, 0.4) is 0 Å². The molecule has 0 fully saturated rings. The standard InChI is InChI=1S/C16H26N2O3/c1-12-7-8-14(10-13(12)2)16(19)18-9-5-4-6-15(17-3)11-21-20/h7-8,10,15,17,20H,4-6,9,11H2,1-3H3,(H,18,19). The molecule has 0 saturated heterocycles. The molecule has 0 bridgehead atoms. The molecular weight excluding hydrogens is 268 g/mol. The van der Waals surface area contributed by atoms with Crippen LogP contribution >= 0.6 is 0 Å². The molecule has 1 atom stereocenters. The van der Waals surface area contributed by atoms with Gasteiger partial charge < -0.3 is 10.6 Å². The minimum atomic E-state index is -0.0260. The first-order chi connectivity index (χ1) is 10.1. The summed E-state index contributed by atoms with van der Waals surface area (Å²) in [4.78, 5) is 16.1. The first-order valence-electron chi connectivity index (χ1n) is 7.37. The fourth-order valence-electron chi connectivity index (χ4n) is 2.10. The van der Waals surface area contributed by atoms with Crippen molar-refractivity contribution in [1.29, 1.82) is 0 Å². The van der Waals surface area contributed by atoms with Gasteiger partial charge in [-0.15, -0.1) is 0 Å². The van der Waals surface area contributed by atoms with Gasteiger partial charge in [-0.25, -0.2) is 4.89 Å². The molecule has 0 aliphatic carbocycles. The highest BCUT2D eigenvalue weighted by atomic mass is 17.1. The van der Waals surface area contributed by atoms with Crippen molar-refractivity contribution >= 4 is 5.91 Å². The van der Waals surface area contributed by atoms with Crippen molar-refractivity contribution < 1.29 is 14.9 Å². The van der Waals surface area contributed by atoms with Crippen LogP contribution in [-0.4, -0.2) is 37.4 Å². The molecule has 0 aromatic heterocycles. The molecule has 0 aliphatic heterocycles. The smallest absolute Gasteiger partial charge is 0.251 e. The quantitative estimate of drug-likeness (QED) is 0.371. The maximum Gasteiger partial charge on any atom is 0.251 e. The summed E-state index contributed by atoms with van der Waals surface area (Å²) in [5.74, 6) is -0.0260. The van der Waals surface area contributed by atoms with Crippen LogP contribution in [0.25, 0.3) is 0 Å². The van der Waals surface area contributed by atoms with Crippen molar-refractivity contribution in [1.82, 2.24) is 10.6 Å². The van der Waals surface area contributed by atoms with E-state index in [2.05, 4.69) is 15.5 Å². The van der Waals surface area contributed by atoms with Crippen molar-refractivity contribution in [3.63, 3.8) is 0 Å². The van der Waals surface area contributed by atoms with E-state index in [9.17, 15) is 4.79 Å². The number of hydrogen-bond acceptors (Lipinski definition) is 4.